The summed E-state index contributed by atoms with van der Waals surface area (Å²) in [7, 11) is 0. The van der Waals surface area contributed by atoms with Gasteiger partial charge in [-0.25, -0.2) is 10.2 Å². The molecule has 0 spiro atoms. The van der Waals surface area contributed by atoms with Crippen molar-refractivity contribution in [3.63, 3.8) is 0 Å². The van der Waals surface area contributed by atoms with Crippen molar-refractivity contribution in [3.8, 4) is 0 Å². The Morgan fingerprint density at radius 2 is 1.81 bits per heavy atom. The van der Waals surface area contributed by atoms with Crippen LogP contribution in [0.3, 0.4) is 0 Å². The molecule has 0 heterocycles. The molecule has 0 unspecified atom stereocenters. The van der Waals surface area contributed by atoms with E-state index in [9.17, 15) is 9.59 Å². The summed E-state index contributed by atoms with van der Waals surface area (Å²) in [4.78, 5) is 24.2. The highest BCUT2D eigenvalue weighted by Crippen LogP contribution is 2.04. The predicted octanol–water partition coefficient (Wildman–Crippen LogP) is 2.80. The Morgan fingerprint density at radius 1 is 1.12 bits per heavy atom. The van der Waals surface area contributed by atoms with E-state index >= 15 is 0 Å². The first-order valence-electron chi connectivity index (χ1n) is 8.45. The first kappa shape index (κ1) is 19.2. The van der Waals surface area contributed by atoms with Gasteiger partial charge in [0.1, 0.15) is 6.04 Å². The van der Waals surface area contributed by atoms with Gasteiger partial charge in [-0.05, 0) is 25.0 Å². The third-order valence-corrected chi connectivity index (χ3v) is 3.63. The SMILES string of the molecule is CCOC(=O)N[C@H](Cc1ccccc1)C(=O)N/N=C\c1ccc(C)cc1. The van der Waals surface area contributed by atoms with Gasteiger partial charge >= 0.3 is 6.09 Å². The summed E-state index contributed by atoms with van der Waals surface area (Å²) in [6.45, 7) is 3.94. The molecule has 0 aliphatic rings. The fraction of sp³-hybridized carbons (Fsp3) is 0.250. The number of hydrogen-bond acceptors (Lipinski definition) is 4. The summed E-state index contributed by atoms with van der Waals surface area (Å²) in [5.74, 6) is -0.412. The van der Waals surface area contributed by atoms with E-state index in [0.717, 1.165) is 16.7 Å². The maximum atomic E-state index is 12.4. The van der Waals surface area contributed by atoms with Crippen molar-refractivity contribution in [2.45, 2.75) is 26.3 Å². The molecule has 26 heavy (non-hydrogen) atoms. The number of rotatable bonds is 7. The third-order valence-electron chi connectivity index (χ3n) is 3.63. The van der Waals surface area contributed by atoms with Crippen LogP contribution in [0.5, 0.6) is 0 Å². The fourth-order valence-corrected chi connectivity index (χ4v) is 2.27. The van der Waals surface area contributed by atoms with E-state index in [1.54, 1.807) is 13.1 Å². The van der Waals surface area contributed by atoms with Crippen LogP contribution in [-0.4, -0.2) is 30.9 Å². The molecule has 2 aromatic rings. The van der Waals surface area contributed by atoms with Crippen molar-refractivity contribution < 1.29 is 14.3 Å². The lowest BCUT2D eigenvalue weighted by molar-refractivity contribution is -0.123. The molecule has 136 valence electrons. The first-order chi connectivity index (χ1) is 12.6. The lowest BCUT2D eigenvalue weighted by Crippen LogP contribution is -2.47. The molecule has 2 N–H and O–H groups in total. The molecule has 0 aromatic heterocycles. The standard InChI is InChI=1S/C20H23N3O3/c1-3-26-20(25)22-18(13-16-7-5-4-6-8-16)19(24)23-21-14-17-11-9-15(2)10-12-17/h4-12,14,18H,3,13H2,1-2H3,(H,22,25)(H,23,24)/b21-14-/t18-/m1/s1. The minimum atomic E-state index is -0.786. The van der Waals surface area contributed by atoms with Crippen LogP contribution in [0.1, 0.15) is 23.6 Å². The van der Waals surface area contributed by atoms with Crippen LogP contribution in [0, 0.1) is 6.92 Å². The van der Waals surface area contributed by atoms with E-state index in [4.69, 9.17) is 4.74 Å². The number of hydrazone groups is 1. The van der Waals surface area contributed by atoms with Crippen LogP contribution in [0.4, 0.5) is 4.79 Å². The highest BCUT2D eigenvalue weighted by Gasteiger charge is 2.21. The summed E-state index contributed by atoms with van der Waals surface area (Å²) >= 11 is 0. The number of carbonyl (C=O) groups is 2. The molecule has 1 atom stereocenters. The number of alkyl carbamates (subject to hydrolysis) is 1. The Bertz CT molecular complexity index is 743. The quantitative estimate of drug-likeness (QED) is 0.593. The molecule has 0 radical (unpaired) electrons. The second kappa shape index (κ2) is 9.98. The zero-order valence-corrected chi connectivity index (χ0v) is 14.9. The summed E-state index contributed by atoms with van der Waals surface area (Å²) in [5.41, 5.74) is 5.41. The van der Waals surface area contributed by atoms with Crippen LogP contribution in [-0.2, 0) is 16.0 Å². The number of nitrogens with one attached hydrogen (secondary N) is 2. The Morgan fingerprint density at radius 3 is 2.46 bits per heavy atom. The summed E-state index contributed by atoms with van der Waals surface area (Å²) < 4.78 is 4.88. The van der Waals surface area contributed by atoms with Gasteiger partial charge in [0, 0.05) is 6.42 Å². The normalized spacial score (nSPS) is 11.8. The molecule has 0 bridgehead atoms. The molecule has 2 aromatic carbocycles. The average Bonchev–Trinajstić information content (AvgIpc) is 2.64. The van der Waals surface area contributed by atoms with Gasteiger partial charge < -0.3 is 10.1 Å². The maximum Gasteiger partial charge on any atom is 0.407 e. The molecule has 2 rings (SSSR count). The van der Waals surface area contributed by atoms with Crippen molar-refractivity contribution in [2.75, 3.05) is 6.61 Å². The highest BCUT2D eigenvalue weighted by molar-refractivity contribution is 5.87. The maximum absolute atomic E-state index is 12.4. The van der Waals surface area contributed by atoms with Crippen molar-refractivity contribution in [3.05, 3.63) is 71.3 Å². The number of aryl methyl sites for hydroxylation is 1. The first-order valence-corrected chi connectivity index (χ1v) is 8.45. The number of benzene rings is 2. The smallest absolute Gasteiger partial charge is 0.407 e. The van der Waals surface area contributed by atoms with Crippen molar-refractivity contribution in [1.82, 2.24) is 10.7 Å². The van der Waals surface area contributed by atoms with Crippen molar-refractivity contribution in [2.24, 2.45) is 5.10 Å². The lowest BCUT2D eigenvalue weighted by atomic mass is 10.1. The minimum Gasteiger partial charge on any atom is -0.450 e. The van der Waals surface area contributed by atoms with Gasteiger partial charge in [0.25, 0.3) is 5.91 Å². The molecular formula is C20H23N3O3. The molecule has 2 amide bonds. The van der Waals surface area contributed by atoms with Crippen LogP contribution in [0.15, 0.2) is 59.7 Å². The second-order valence-electron chi connectivity index (χ2n) is 5.75. The molecule has 0 aliphatic carbocycles. The summed E-state index contributed by atoms with van der Waals surface area (Å²) in [5, 5.41) is 6.55. The van der Waals surface area contributed by atoms with Crippen LogP contribution in [0.25, 0.3) is 0 Å². The van der Waals surface area contributed by atoms with Crippen molar-refractivity contribution in [1.29, 1.82) is 0 Å². The topological polar surface area (TPSA) is 79.8 Å². The van der Waals surface area contributed by atoms with Gasteiger partial charge in [-0.3, -0.25) is 4.79 Å². The molecular weight excluding hydrogens is 330 g/mol. The number of amides is 2. The van der Waals surface area contributed by atoms with E-state index in [-0.39, 0.29) is 6.61 Å². The van der Waals surface area contributed by atoms with E-state index in [2.05, 4.69) is 15.8 Å². The molecule has 0 saturated heterocycles. The van der Waals surface area contributed by atoms with Crippen LogP contribution < -0.4 is 10.7 Å². The Labute approximate surface area is 153 Å². The Balaban J connectivity index is 2.01. The predicted molar refractivity (Wildman–Crippen MR) is 101 cm³/mol. The Kier molecular flexibility index (Phi) is 7.36. The summed E-state index contributed by atoms with van der Waals surface area (Å²) in [6.07, 6.45) is 1.26. The molecule has 0 fully saturated rings. The minimum absolute atomic E-state index is 0.233. The van der Waals surface area contributed by atoms with E-state index in [0.29, 0.717) is 6.42 Å². The van der Waals surface area contributed by atoms with Gasteiger partial charge in [-0.15, -0.1) is 0 Å². The number of ether oxygens (including phenoxy) is 1. The largest absolute Gasteiger partial charge is 0.450 e. The van der Waals surface area contributed by atoms with E-state index < -0.39 is 18.0 Å². The monoisotopic (exact) mass is 353 g/mol. The lowest BCUT2D eigenvalue weighted by Gasteiger charge is -2.16. The van der Waals surface area contributed by atoms with Gasteiger partial charge in [-0.1, -0.05) is 60.2 Å². The van der Waals surface area contributed by atoms with Gasteiger partial charge in [0.2, 0.25) is 0 Å². The second-order valence-corrected chi connectivity index (χ2v) is 5.75. The molecule has 6 heteroatoms. The average molecular weight is 353 g/mol. The van der Waals surface area contributed by atoms with Gasteiger partial charge in [-0.2, -0.15) is 5.10 Å². The zero-order valence-electron chi connectivity index (χ0n) is 14.9. The number of nitrogens with zero attached hydrogens (tertiary/aromatic N) is 1. The molecule has 0 saturated carbocycles. The van der Waals surface area contributed by atoms with Gasteiger partial charge in [0.15, 0.2) is 0 Å². The van der Waals surface area contributed by atoms with Crippen LogP contribution >= 0.6 is 0 Å². The molecule has 0 aliphatic heterocycles. The number of carbonyl (C=O) groups excluding carboxylic acids is 2. The third kappa shape index (κ3) is 6.39. The van der Waals surface area contributed by atoms with E-state index in [1.807, 2.05) is 61.5 Å². The zero-order chi connectivity index (χ0) is 18.8. The van der Waals surface area contributed by atoms with Gasteiger partial charge in [0.05, 0.1) is 12.8 Å². The van der Waals surface area contributed by atoms with Crippen molar-refractivity contribution >= 4 is 18.2 Å². The van der Waals surface area contributed by atoms with E-state index in [1.165, 1.54) is 0 Å². The fourth-order valence-electron chi connectivity index (χ4n) is 2.27. The number of hydrogen-bond donors (Lipinski definition) is 2. The summed E-state index contributed by atoms with van der Waals surface area (Å²) in [6, 6.07) is 16.4. The molecule has 6 nitrogen and oxygen atoms in total. The van der Waals surface area contributed by atoms with Crippen LogP contribution in [0.2, 0.25) is 0 Å². The Hall–Kier alpha value is -3.15. The highest BCUT2D eigenvalue weighted by atomic mass is 16.5.